The van der Waals surface area contributed by atoms with Crippen LogP contribution in [0.3, 0.4) is 0 Å². The predicted molar refractivity (Wildman–Crippen MR) is 80.1 cm³/mol. The number of rotatable bonds is 3. The lowest BCUT2D eigenvalue weighted by atomic mass is 10.1. The Morgan fingerprint density at radius 1 is 1.36 bits per heavy atom. The van der Waals surface area contributed by atoms with Gasteiger partial charge in [-0.2, -0.15) is 5.21 Å². The summed E-state index contributed by atoms with van der Waals surface area (Å²) >= 11 is 0. The van der Waals surface area contributed by atoms with Crippen LogP contribution >= 0.6 is 0 Å². The molecular weight excluding hydrogens is 280 g/mol. The van der Waals surface area contributed by atoms with Gasteiger partial charge in [-0.05, 0) is 18.1 Å². The fourth-order valence-corrected chi connectivity index (χ4v) is 3.09. The highest BCUT2D eigenvalue weighted by Crippen LogP contribution is 2.25. The summed E-state index contributed by atoms with van der Waals surface area (Å²) in [5, 5.41) is 15.2. The monoisotopic (exact) mass is 296 g/mol. The van der Waals surface area contributed by atoms with Crippen LogP contribution in [0.5, 0.6) is 0 Å². The van der Waals surface area contributed by atoms with E-state index in [-0.39, 0.29) is 11.8 Å². The number of nitrogens with zero attached hydrogens (tertiary/aromatic N) is 4. The summed E-state index contributed by atoms with van der Waals surface area (Å²) in [5.74, 6) is 1.03. The highest BCUT2D eigenvalue weighted by molar-refractivity contribution is 5.89. The third-order valence-electron chi connectivity index (χ3n) is 4.28. The van der Waals surface area contributed by atoms with Crippen molar-refractivity contribution in [2.75, 3.05) is 13.1 Å². The molecule has 1 saturated heterocycles. The van der Waals surface area contributed by atoms with Gasteiger partial charge in [-0.15, -0.1) is 10.2 Å². The van der Waals surface area contributed by atoms with Crippen LogP contribution in [0.1, 0.15) is 23.7 Å². The molecule has 1 aliphatic rings. The molecule has 2 aromatic heterocycles. The summed E-state index contributed by atoms with van der Waals surface area (Å²) in [6.45, 7) is 1.42. The van der Waals surface area contributed by atoms with Crippen LogP contribution in [0.2, 0.25) is 0 Å². The minimum absolute atomic E-state index is 0.149. The Labute approximate surface area is 126 Å². The highest BCUT2D eigenvalue weighted by atomic mass is 16.2. The van der Waals surface area contributed by atoms with Gasteiger partial charge in [0.1, 0.15) is 0 Å². The molecule has 0 spiro atoms. The fourth-order valence-electron chi connectivity index (χ4n) is 3.09. The molecule has 3 aromatic rings. The van der Waals surface area contributed by atoms with E-state index < -0.39 is 0 Å². The quantitative estimate of drug-likeness (QED) is 0.761. The molecule has 1 aromatic carbocycles. The number of benzene rings is 1. The van der Waals surface area contributed by atoms with Crippen molar-refractivity contribution < 1.29 is 4.79 Å². The number of aromatic nitrogens is 5. The smallest absolute Gasteiger partial charge is 0.227 e. The molecule has 3 heterocycles. The van der Waals surface area contributed by atoms with Crippen molar-refractivity contribution in [2.24, 2.45) is 0 Å². The van der Waals surface area contributed by atoms with E-state index in [1.165, 1.54) is 0 Å². The lowest BCUT2D eigenvalue weighted by Crippen LogP contribution is -2.29. The number of carbonyl (C=O) groups is 1. The minimum Gasteiger partial charge on any atom is -0.361 e. The summed E-state index contributed by atoms with van der Waals surface area (Å²) < 4.78 is 0. The summed E-state index contributed by atoms with van der Waals surface area (Å²) in [4.78, 5) is 17.6. The highest BCUT2D eigenvalue weighted by Gasteiger charge is 2.29. The van der Waals surface area contributed by atoms with E-state index in [1.807, 2.05) is 35.4 Å². The second kappa shape index (κ2) is 5.25. The second-order valence-electron chi connectivity index (χ2n) is 5.63. The van der Waals surface area contributed by atoms with Crippen molar-refractivity contribution in [3.05, 3.63) is 41.9 Å². The average molecular weight is 296 g/mol. The number of nitrogens with one attached hydrogen (secondary N) is 2. The van der Waals surface area contributed by atoms with Gasteiger partial charge in [0.05, 0.1) is 6.42 Å². The van der Waals surface area contributed by atoms with Crippen LogP contribution in [0, 0.1) is 0 Å². The normalized spacial score (nSPS) is 18.2. The third-order valence-corrected chi connectivity index (χ3v) is 4.28. The van der Waals surface area contributed by atoms with Crippen molar-refractivity contribution in [2.45, 2.75) is 18.8 Å². The van der Waals surface area contributed by atoms with Crippen molar-refractivity contribution in [1.82, 2.24) is 30.5 Å². The van der Waals surface area contributed by atoms with Crippen molar-refractivity contribution >= 4 is 16.8 Å². The zero-order valence-electron chi connectivity index (χ0n) is 12.0. The summed E-state index contributed by atoms with van der Waals surface area (Å²) in [6.07, 6.45) is 3.23. The first-order chi connectivity index (χ1) is 10.8. The Morgan fingerprint density at radius 3 is 3.14 bits per heavy atom. The van der Waals surface area contributed by atoms with Crippen molar-refractivity contribution in [1.29, 1.82) is 0 Å². The zero-order valence-corrected chi connectivity index (χ0v) is 12.0. The number of fused-ring (bicyclic) bond motifs is 1. The fraction of sp³-hybridized carbons (Fsp3) is 0.333. The van der Waals surface area contributed by atoms with Gasteiger partial charge in [0.25, 0.3) is 0 Å². The molecule has 0 aliphatic carbocycles. The number of amides is 1. The Kier molecular flexibility index (Phi) is 3.10. The van der Waals surface area contributed by atoms with Gasteiger partial charge in [-0.25, -0.2) is 0 Å². The Balaban J connectivity index is 1.47. The lowest BCUT2D eigenvalue weighted by Gasteiger charge is -2.15. The summed E-state index contributed by atoms with van der Waals surface area (Å²) in [6, 6.07) is 8.04. The second-order valence-corrected chi connectivity index (χ2v) is 5.63. The molecule has 4 rings (SSSR count). The third kappa shape index (κ3) is 2.24. The van der Waals surface area contributed by atoms with Crippen LogP contribution in [0.15, 0.2) is 30.5 Å². The molecular formula is C15H16N6O. The molecule has 0 radical (unpaired) electrons. The summed E-state index contributed by atoms with van der Waals surface area (Å²) in [7, 11) is 0. The first kappa shape index (κ1) is 13.0. The van der Waals surface area contributed by atoms with Crippen LogP contribution < -0.4 is 0 Å². The topological polar surface area (TPSA) is 90.6 Å². The number of para-hydroxylation sites is 1. The van der Waals surface area contributed by atoms with Gasteiger partial charge < -0.3 is 9.88 Å². The Morgan fingerprint density at radius 2 is 2.27 bits per heavy atom. The van der Waals surface area contributed by atoms with Crippen LogP contribution in [-0.4, -0.2) is 49.5 Å². The molecule has 112 valence electrons. The molecule has 7 nitrogen and oxygen atoms in total. The zero-order chi connectivity index (χ0) is 14.9. The van der Waals surface area contributed by atoms with E-state index in [9.17, 15) is 4.79 Å². The van der Waals surface area contributed by atoms with Gasteiger partial charge >= 0.3 is 0 Å². The number of aromatic amines is 2. The number of tetrazole rings is 1. The number of likely N-dealkylation sites (tertiary alicyclic amines) is 1. The molecule has 22 heavy (non-hydrogen) atoms. The predicted octanol–water partition coefficient (Wildman–Crippen LogP) is 1.24. The number of carbonyl (C=O) groups excluding carboxylic acids is 1. The lowest BCUT2D eigenvalue weighted by molar-refractivity contribution is -0.129. The molecule has 7 heteroatoms. The SMILES string of the molecule is O=C(Cc1c[nH]c2ccccc12)N1CCC(c2nn[nH]n2)C1. The largest absolute Gasteiger partial charge is 0.361 e. The molecule has 1 aliphatic heterocycles. The number of hydrogen-bond donors (Lipinski definition) is 2. The van der Waals surface area contributed by atoms with E-state index >= 15 is 0 Å². The van der Waals surface area contributed by atoms with Gasteiger partial charge in [-0.1, -0.05) is 23.4 Å². The first-order valence-corrected chi connectivity index (χ1v) is 7.37. The van der Waals surface area contributed by atoms with E-state index in [1.54, 1.807) is 0 Å². The first-order valence-electron chi connectivity index (χ1n) is 7.37. The van der Waals surface area contributed by atoms with Crippen LogP contribution in [-0.2, 0) is 11.2 Å². The maximum atomic E-state index is 12.5. The maximum absolute atomic E-state index is 12.5. The van der Waals surface area contributed by atoms with Crippen LogP contribution in [0.25, 0.3) is 10.9 Å². The molecule has 1 fully saturated rings. The molecule has 1 amide bonds. The maximum Gasteiger partial charge on any atom is 0.227 e. The van der Waals surface area contributed by atoms with Gasteiger partial charge in [0.2, 0.25) is 5.91 Å². The standard InChI is InChI=1S/C15H16N6O/c22-14(7-11-8-16-13-4-2-1-3-12(11)13)21-6-5-10(9-21)15-17-19-20-18-15/h1-4,8,10,16H,5-7,9H2,(H,17,18,19,20). The molecule has 2 N–H and O–H groups in total. The van der Waals surface area contributed by atoms with E-state index in [0.29, 0.717) is 18.8 Å². The minimum atomic E-state index is 0.149. The van der Waals surface area contributed by atoms with Gasteiger partial charge in [-0.3, -0.25) is 4.79 Å². The van der Waals surface area contributed by atoms with Gasteiger partial charge in [0.15, 0.2) is 5.82 Å². The molecule has 0 bridgehead atoms. The van der Waals surface area contributed by atoms with Gasteiger partial charge in [0, 0.05) is 36.1 Å². The van der Waals surface area contributed by atoms with E-state index in [0.717, 1.165) is 29.4 Å². The van der Waals surface area contributed by atoms with Crippen LogP contribution in [0.4, 0.5) is 0 Å². The van der Waals surface area contributed by atoms with E-state index in [4.69, 9.17) is 0 Å². The molecule has 1 unspecified atom stereocenters. The Bertz CT molecular complexity index is 793. The molecule has 1 atom stereocenters. The number of hydrogen-bond acceptors (Lipinski definition) is 4. The average Bonchev–Trinajstić information content (AvgIpc) is 3.28. The van der Waals surface area contributed by atoms with E-state index in [2.05, 4.69) is 25.6 Å². The summed E-state index contributed by atoms with van der Waals surface area (Å²) in [5.41, 5.74) is 2.11. The Hall–Kier alpha value is -2.70. The van der Waals surface area contributed by atoms with Crippen molar-refractivity contribution in [3.8, 4) is 0 Å². The molecule has 0 saturated carbocycles. The number of H-pyrrole nitrogens is 2. The van der Waals surface area contributed by atoms with Crippen molar-refractivity contribution in [3.63, 3.8) is 0 Å².